The highest BCUT2D eigenvalue weighted by molar-refractivity contribution is 5.89. The number of aliphatic carboxylic acids is 1. The first kappa shape index (κ1) is 27.1. The Bertz CT molecular complexity index is 994. The molecule has 0 aliphatic heterocycles. The van der Waals surface area contributed by atoms with Gasteiger partial charge in [-0.25, -0.2) is 9.59 Å². The molecule has 2 amide bonds. The van der Waals surface area contributed by atoms with Gasteiger partial charge in [0.25, 0.3) is 0 Å². The van der Waals surface area contributed by atoms with Gasteiger partial charge in [-0.1, -0.05) is 12.1 Å². The summed E-state index contributed by atoms with van der Waals surface area (Å²) in [5, 5.41) is 11.9. The normalized spacial score (nSPS) is 14.1. The van der Waals surface area contributed by atoms with Crippen molar-refractivity contribution in [3.63, 3.8) is 0 Å². The smallest absolute Gasteiger partial charge is 0.492 e. The molecule has 1 unspecified atom stereocenters. The van der Waals surface area contributed by atoms with Gasteiger partial charge in [0.2, 0.25) is 0 Å². The van der Waals surface area contributed by atoms with E-state index in [2.05, 4.69) is 10.1 Å². The van der Waals surface area contributed by atoms with Crippen molar-refractivity contribution in [3.8, 4) is 11.5 Å². The molecule has 0 bridgehead atoms. The predicted octanol–water partition coefficient (Wildman–Crippen LogP) is 4.94. The lowest BCUT2D eigenvalue weighted by Gasteiger charge is -2.23. The van der Waals surface area contributed by atoms with Crippen LogP contribution in [0.1, 0.15) is 25.3 Å². The van der Waals surface area contributed by atoms with Crippen LogP contribution in [0.5, 0.6) is 11.5 Å². The van der Waals surface area contributed by atoms with Gasteiger partial charge < -0.3 is 29.5 Å². The number of benzene rings is 2. The zero-order valence-electron chi connectivity index (χ0n) is 19.8. The fraction of sp³-hybridized carbons (Fsp3) is 0.440. The molecule has 2 aromatic carbocycles. The first-order valence-corrected chi connectivity index (χ1v) is 11.6. The van der Waals surface area contributed by atoms with Crippen LogP contribution in [0.2, 0.25) is 0 Å². The molecule has 0 aromatic heterocycles. The number of urea groups is 1. The van der Waals surface area contributed by atoms with Crippen molar-refractivity contribution < 1.29 is 42.1 Å². The van der Waals surface area contributed by atoms with Gasteiger partial charge in [-0.05, 0) is 67.6 Å². The maximum atomic E-state index is 12.8. The van der Waals surface area contributed by atoms with Crippen molar-refractivity contribution >= 4 is 17.7 Å². The van der Waals surface area contributed by atoms with Crippen molar-refractivity contribution in [3.05, 3.63) is 54.1 Å². The molecule has 1 saturated carbocycles. The van der Waals surface area contributed by atoms with Gasteiger partial charge in [-0.3, -0.25) is 0 Å². The molecular weight excluding hydrogens is 481 g/mol. The number of nitrogens with zero attached hydrogens (tertiary/aromatic N) is 1. The van der Waals surface area contributed by atoms with E-state index in [-0.39, 0.29) is 24.8 Å². The highest BCUT2D eigenvalue weighted by Crippen LogP contribution is 2.30. The minimum atomic E-state index is -4.78. The zero-order chi connectivity index (χ0) is 26.1. The lowest BCUT2D eigenvalue weighted by atomic mass is 10.1. The Labute approximate surface area is 206 Å². The van der Waals surface area contributed by atoms with E-state index in [0.717, 1.165) is 30.5 Å². The SMILES string of the molecule is CCOC(Cc1ccc(OCCN(CC2CC2)C(=O)Nc2ccc(OC(F)(F)F)cc2)cc1)C(=O)O. The number of ether oxygens (including phenoxy) is 3. The third-order valence-corrected chi connectivity index (χ3v) is 5.42. The van der Waals surface area contributed by atoms with Crippen LogP contribution in [0.25, 0.3) is 0 Å². The van der Waals surface area contributed by atoms with E-state index in [4.69, 9.17) is 9.47 Å². The van der Waals surface area contributed by atoms with Crippen LogP contribution in [0, 0.1) is 5.92 Å². The topological polar surface area (TPSA) is 97.3 Å². The van der Waals surface area contributed by atoms with E-state index in [1.165, 1.54) is 12.1 Å². The Hall–Kier alpha value is -3.47. The summed E-state index contributed by atoms with van der Waals surface area (Å²) in [7, 11) is 0. The molecule has 1 fully saturated rings. The highest BCUT2D eigenvalue weighted by Gasteiger charge is 2.31. The van der Waals surface area contributed by atoms with Crippen molar-refractivity contribution in [1.82, 2.24) is 4.90 Å². The lowest BCUT2D eigenvalue weighted by molar-refractivity contribution is -0.274. The Morgan fingerprint density at radius 2 is 1.72 bits per heavy atom. The van der Waals surface area contributed by atoms with Crippen molar-refractivity contribution in [2.45, 2.75) is 38.7 Å². The average Bonchev–Trinajstić information content (AvgIpc) is 3.63. The zero-order valence-corrected chi connectivity index (χ0v) is 19.8. The van der Waals surface area contributed by atoms with Crippen LogP contribution in [-0.2, 0) is 16.0 Å². The van der Waals surface area contributed by atoms with Gasteiger partial charge in [0.15, 0.2) is 6.10 Å². The second-order valence-corrected chi connectivity index (χ2v) is 8.37. The molecule has 1 aliphatic carbocycles. The number of amides is 2. The summed E-state index contributed by atoms with van der Waals surface area (Å²) in [6, 6.07) is 11.6. The number of carbonyl (C=O) groups excluding carboxylic acids is 1. The fourth-order valence-electron chi connectivity index (χ4n) is 3.46. The number of carbonyl (C=O) groups is 2. The summed E-state index contributed by atoms with van der Waals surface area (Å²) in [4.78, 5) is 25.6. The second kappa shape index (κ2) is 12.5. The fourth-order valence-corrected chi connectivity index (χ4v) is 3.46. The summed E-state index contributed by atoms with van der Waals surface area (Å²) in [5.74, 6) is -0.387. The lowest BCUT2D eigenvalue weighted by Crippen LogP contribution is -2.39. The molecule has 2 aromatic rings. The predicted molar refractivity (Wildman–Crippen MR) is 125 cm³/mol. The molecule has 36 heavy (non-hydrogen) atoms. The van der Waals surface area contributed by atoms with Gasteiger partial charge in [-0.15, -0.1) is 13.2 Å². The Morgan fingerprint density at radius 1 is 1.08 bits per heavy atom. The number of halogens is 3. The summed E-state index contributed by atoms with van der Waals surface area (Å²) in [6.45, 7) is 3.14. The van der Waals surface area contributed by atoms with E-state index < -0.39 is 18.4 Å². The maximum Gasteiger partial charge on any atom is 0.573 e. The van der Waals surface area contributed by atoms with Crippen LogP contribution in [0.4, 0.5) is 23.7 Å². The first-order chi connectivity index (χ1) is 17.1. The van der Waals surface area contributed by atoms with Gasteiger partial charge >= 0.3 is 18.4 Å². The molecule has 1 aliphatic rings. The molecule has 0 radical (unpaired) electrons. The van der Waals surface area contributed by atoms with Gasteiger partial charge in [0, 0.05) is 25.3 Å². The quantitative estimate of drug-likeness (QED) is 0.396. The van der Waals surface area contributed by atoms with Crippen LogP contribution in [0.3, 0.4) is 0 Å². The first-order valence-electron chi connectivity index (χ1n) is 11.6. The minimum Gasteiger partial charge on any atom is -0.492 e. The standard InChI is InChI=1S/C25H29F3N2O6/c1-2-34-22(23(31)32)15-17-5-9-20(10-6-17)35-14-13-30(16-18-3-4-18)24(33)29-19-7-11-21(12-8-19)36-25(26,27)28/h5-12,18,22H,2-4,13-16H2,1H3,(H,29,33)(H,31,32). The molecule has 196 valence electrons. The van der Waals surface area contributed by atoms with Crippen molar-refractivity contribution in [2.24, 2.45) is 5.92 Å². The van der Waals surface area contributed by atoms with E-state index >= 15 is 0 Å². The highest BCUT2D eigenvalue weighted by atomic mass is 19.4. The molecule has 1 atom stereocenters. The van der Waals surface area contributed by atoms with Crippen LogP contribution in [-0.4, -0.2) is 60.8 Å². The number of carboxylic acid groups (broad SMARTS) is 1. The molecule has 8 nitrogen and oxygen atoms in total. The van der Waals surface area contributed by atoms with Gasteiger partial charge in [0.1, 0.15) is 18.1 Å². The third-order valence-electron chi connectivity index (χ3n) is 5.42. The second-order valence-electron chi connectivity index (χ2n) is 8.37. The Balaban J connectivity index is 1.50. The molecular formula is C25H29F3N2O6. The molecule has 0 heterocycles. The number of hydrogen-bond acceptors (Lipinski definition) is 5. The number of alkyl halides is 3. The Kier molecular flexibility index (Phi) is 9.40. The Morgan fingerprint density at radius 3 is 2.28 bits per heavy atom. The summed E-state index contributed by atoms with van der Waals surface area (Å²) in [6.07, 6.45) is -3.38. The van der Waals surface area contributed by atoms with Gasteiger partial charge in [0.05, 0.1) is 6.54 Å². The van der Waals surface area contributed by atoms with Crippen LogP contribution in [0.15, 0.2) is 48.5 Å². The average molecular weight is 511 g/mol. The third kappa shape index (κ3) is 9.29. The van der Waals surface area contributed by atoms with E-state index in [1.54, 1.807) is 36.1 Å². The number of anilines is 1. The number of carboxylic acids is 1. The summed E-state index contributed by atoms with van der Waals surface area (Å²) >= 11 is 0. The summed E-state index contributed by atoms with van der Waals surface area (Å²) < 4.78 is 51.8. The van der Waals surface area contributed by atoms with Crippen molar-refractivity contribution in [2.75, 3.05) is 31.6 Å². The monoisotopic (exact) mass is 510 g/mol. The molecule has 3 rings (SSSR count). The number of nitrogens with one attached hydrogen (secondary N) is 1. The maximum absolute atomic E-state index is 12.8. The van der Waals surface area contributed by atoms with Crippen LogP contribution < -0.4 is 14.8 Å². The van der Waals surface area contributed by atoms with Crippen LogP contribution >= 0.6 is 0 Å². The molecule has 0 saturated heterocycles. The van der Waals surface area contributed by atoms with Gasteiger partial charge in [-0.2, -0.15) is 0 Å². The molecule has 11 heteroatoms. The van der Waals surface area contributed by atoms with E-state index in [1.807, 2.05) is 0 Å². The molecule has 2 N–H and O–H groups in total. The number of hydrogen-bond donors (Lipinski definition) is 2. The summed E-state index contributed by atoms with van der Waals surface area (Å²) in [5.41, 5.74) is 1.14. The molecule has 0 spiro atoms. The van der Waals surface area contributed by atoms with E-state index in [0.29, 0.717) is 37.1 Å². The minimum absolute atomic E-state index is 0.231. The number of rotatable bonds is 13. The van der Waals surface area contributed by atoms with E-state index in [9.17, 15) is 27.9 Å². The largest absolute Gasteiger partial charge is 0.573 e. The van der Waals surface area contributed by atoms with Crippen molar-refractivity contribution in [1.29, 1.82) is 0 Å².